The maximum atomic E-state index is 10.7. The summed E-state index contributed by atoms with van der Waals surface area (Å²) in [5.41, 5.74) is 6.39. The van der Waals surface area contributed by atoms with Gasteiger partial charge >= 0.3 is 0 Å². The van der Waals surface area contributed by atoms with Crippen molar-refractivity contribution in [1.29, 1.82) is 0 Å². The van der Waals surface area contributed by atoms with Gasteiger partial charge in [0.25, 0.3) is 0 Å². The average Bonchev–Trinajstić information content (AvgIpc) is 2.71. The summed E-state index contributed by atoms with van der Waals surface area (Å²) in [4.78, 5) is 22.2. The topological polar surface area (TPSA) is 93.9 Å². The predicted octanol–water partition coefficient (Wildman–Crippen LogP) is 1.72. The van der Waals surface area contributed by atoms with Gasteiger partial charge in [-0.05, 0) is 38.8 Å². The summed E-state index contributed by atoms with van der Waals surface area (Å²) < 4.78 is 5.85. The van der Waals surface area contributed by atoms with Crippen molar-refractivity contribution in [3.8, 4) is 5.88 Å². The lowest BCUT2D eigenvalue weighted by molar-refractivity contribution is -0.113. The van der Waals surface area contributed by atoms with Crippen molar-refractivity contribution in [2.24, 2.45) is 5.73 Å². The highest BCUT2D eigenvalue weighted by molar-refractivity contribution is 5.87. The second kappa shape index (κ2) is 5.32. The van der Waals surface area contributed by atoms with Crippen LogP contribution in [0.5, 0.6) is 5.88 Å². The minimum atomic E-state index is -0.466. The van der Waals surface area contributed by atoms with Gasteiger partial charge < -0.3 is 15.5 Å². The molecule has 3 N–H and O–H groups in total. The highest BCUT2D eigenvalue weighted by Crippen LogP contribution is 2.28. The molecule has 20 heavy (non-hydrogen) atoms. The molecule has 2 heterocycles. The van der Waals surface area contributed by atoms with Crippen LogP contribution in [-0.2, 0) is 11.2 Å². The maximum Gasteiger partial charge on any atom is 0.241 e. The number of nitrogens with one attached hydrogen (secondary N) is 1. The van der Waals surface area contributed by atoms with Gasteiger partial charge in [-0.3, -0.25) is 4.79 Å². The molecule has 0 aliphatic heterocycles. The average molecular weight is 274 g/mol. The Morgan fingerprint density at radius 1 is 1.45 bits per heavy atom. The number of nitrogens with two attached hydrogens (primary N) is 1. The largest absolute Gasteiger partial charge is 0.471 e. The summed E-state index contributed by atoms with van der Waals surface area (Å²) in [7, 11) is 0. The highest BCUT2D eigenvalue weighted by Gasteiger charge is 2.18. The number of aromatic nitrogens is 3. The van der Waals surface area contributed by atoms with E-state index in [1.54, 1.807) is 6.08 Å². The fraction of sp³-hybridized carbons (Fsp3) is 0.357. The van der Waals surface area contributed by atoms with E-state index in [1.807, 2.05) is 27.0 Å². The van der Waals surface area contributed by atoms with Gasteiger partial charge in [0.2, 0.25) is 11.8 Å². The van der Waals surface area contributed by atoms with Crippen LogP contribution in [0, 0.1) is 0 Å². The van der Waals surface area contributed by atoms with Gasteiger partial charge in [-0.1, -0.05) is 6.08 Å². The van der Waals surface area contributed by atoms with Crippen molar-refractivity contribution >= 4 is 16.9 Å². The van der Waals surface area contributed by atoms with Crippen molar-refractivity contribution in [1.82, 2.24) is 15.0 Å². The SMILES string of the molecule is CC(C)(C)Oc1ncnc2[nH]cc(CC=CC(N)=O)c12. The number of ether oxygens (including phenoxy) is 1. The van der Waals surface area contributed by atoms with Crippen molar-refractivity contribution in [2.75, 3.05) is 0 Å². The number of aromatic amines is 1. The van der Waals surface area contributed by atoms with Crippen molar-refractivity contribution in [3.63, 3.8) is 0 Å². The number of nitrogens with zero attached hydrogens (tertiary/aromatic N) is 2. The Bertz CT molecular complexity index is 653. The van der Waals surface area contributed by atoms with Crippen LogP contribution in [0.4, 0.5) is 0 Å². The minimum Gasteiger partial charge on any atom is -0.471 e. The van der Waals surface area contributed by atoms with Crippen LogP contribution in [0.15, 0.2) is 24.7 Å². The third-order valence-corrected chi connectivity index (χ3v) is 2.54. The number of hydrogen-bond acceptors (Lipinski definition) is 4. The molecule has 0 bridgehead atoms. The van der Waals surface area contributed by atoms with Crippen molar-refractivity contribution < 1.29 is 9.53 Å². The molecule has 0 radical (unpaired) electrons. The Hall–Kier alpha value is -2.37. The zero-order valence-corrected chi connectivity index (χ0v) is 11.8. The maximum absolute atomic E-state index is 10.7. The number of allylic oxidation sites excluding steroid dienone is 1. The first-order valence-corrected chi connectivity index (χ1v) is 6.33. The van der Waals surface area contributed by atoms with E-state index in [9.17, 15) is 4.79 Å². The number of H-pyrrole nitrogens is 1. The first kappa shape index (κ1) is 14.0. The zero-order valence-electron chi connectivity index (χ0n) is 11.8. The third-order valence-electron chi connectivity index (χ3n) is 2.54. The first-order chi connectivity index (χ1) is 9.37. The first-order valence-electron chi connectivity index (χ1n) is 6.33. The lowest BCUT2D eigenvalue weighted by Gasteiger charge is -2.20. The molecule has 2 aromatic heterocycles. The second-order valence-corrected chi connectivity index (χ2v) is 5.44. The van der Waals surface area contributed by atoms with E-state index < -0.39 is 5.91 Å². The standard InChI is InChI=1S/C14H18N4O2/c1-14(2,3)20-13-11-9(5-4-6-10(15)19)7-16-12(11)17-8-18-13/h4,6-8H,5H2,1-3H3,(H2,15,19)(H,16,17,18). The van der Waals surface area contributed by atoms with E-state index in [-0.39, 0.29) is 5.60 Å². The molecule has 2 rings (SSSR count). The third kappa shape index (κ3) is 3.34. The molecule has 0 fully saturated rings. The lowest BCUT2D eigenvalue weighted by atomic mass is 10.1. The van der Waals surface area contributed by atoms with Gasteiger partial charge in [0.1, 0.15) is 17.6 Å². The Kier molecular flexibility index (Phi) is 3.74. The molecule has 0 aliphatic carbocycles. The highest BCUT2D eigenvalue weighted by atomic mass is 16.5. The van der Waals surface area contributed by atoms with E-state index >= 15 is 0 Å². The number of primary amides is 1. The van der Waals surface area contributed by atoms with E-state index in [0.29, 0.717) is 17.9 Å². The van der Waals surface area contributed by atoms with Crippen LogP contribution in [0.2, 0.25) is 0 Å². The smallest absolute Gasteiger partial charge is 0.241 e. The fourth-order valence-electron chi connectivity index (χ4n) is 1.83. The summed E-state index contributed by atoms with van der Waals surface area (Å²) in [6.07, 6.45) is 6.89. The van der Waals surface area contributed by atoms with E-state index in [1.165, 1.54) is 12.4 Å². The summed E-state index contributed by atoms with van der Waals surface area (Å²) in [6.45, 7) is 5.88. The molecule has 1 amide bonds. The Morgan fingerprint density at radius 2 is 2.20 bits per heavy atom. The molecule has 0 spiro atoms. The van der Waals surface area contributed by atoms with Crippen LogP contribution in [-0.4, -0.2) is 26.5 Å². The number of carbonyl (C=O) groups excluding carboxylic acids is 1. The fourth-order valence-corrected chi connectivity index (χ4v) is 1.83. The lowest BCUT2D eigenvalue weighted by Crippen LogP contribution is -2.23. The summed E-state index contributed by atoms with van der Waals surface area (Å²) in [5, 5.41) is 0.830. The van der Waals surface area contributed by atoms with Gasteiger partial charge in [0.05, 0.1) is 5.39 Å². The van der Waals surface area contributed by atoms with Crippen LogP contribution >= 0.6 is 0 Å². The molecule has 0 aromatic carbocycles. The van der Waals surface area contributed by atoms with Crippen LogP contribution in [0.3, 0.4) is 0 Å². The summed E-state index contributed by atoms with van der Waals surface area (Å²) in [6, 6.07) is 0. The van der Waals surface area contributed by atoms with Gasteiger partial charge in [0, 0.05) is 6.20 Å². The normalized spacial score (nSPS) is 12.2. The number of carbonyl (C=O) groups is 1. The minimum absolute atomic E-state index is 0.348. The molecular formula is C14H18N4O2. The monoisotopic (exact) mass is 274 g/mol. The molecule has 0 unspecified atom stereocenters. The number of rotatable bonds is 4. The molecule has 6 heteroatoms. The van der Waals surface area contributed by atoms with E-state index in [0.717, 1.165) is 10.9 Å². The molecular weight excluding hydrogens is 256 g/mol. The molecule has 0 aliphatic rings. The zero-order chi connectivity index (χ0) is 14.8. The number of hydrogen-bond donors (Lipinski definition) is 2. The molecule has 0 saturated carbocycles. The second-order valence-electron chi connectivity index (χ2n) is 5.44. The number of amides is 1. The van der Waals surface area contributed by atoms with Crippen LogP contribution < -0.4 is 10.5 Å². The van der Waals surface area contributed by atoms with Gasteiger partial charge in [-0.2, -0.15) is 0 Å². The Morgan fingerprint density at radius 3 is 2.85 bits per heavy atom. The van der Waals surface area contributed by atoms with Crippen LogP contribution in [0.1, 0.15) is 26.3 Å². The molecule has 106 valence electrons. The van der Waals surface area contributed by atoms with Gasteiger partial charge in [-0.15, -0.1) is 0 Å². The summed E-state index contributed by atoms with van der Waals surface area (Å²) in [5.74, 6) is 0.0680. The Labute approximate surface area is 117 Å². The van der Waals surface area contributed by atoms with Crippen molar-refractivity contribution in [2.45, 2.75) is 32.8 Å². The molecule has 2 aromatic rings. The van der Waals surface area contributed by atoms with Crippen LogP contribution in [0.25, 0.3) is 11.0 Å². The quantitative estimate of drug-likeness (QED) is 0.830. The Balaban J connectivity index is 2.38. The molecule has 6 nitrogen and oxygen atoms in total. The number of fused-ring (bicyclic) bond motifs is 1. The molecule has 0 atom stereocenters. The van der Waals surface area contributed by atoms with E-state index in [4.69, 9.17) is 10.5 Å². The molecule has 0 saturated heterocycles. The van der Waals surface area contributed by atoms with Gasteiger partial charge in [-0.25, -0.2) is 9.97 Å². The predicted molar refractivity (Wildman–Crippen MR) is 76.3 cm³/mol. The van der Waals surface area contributed by atoms with Crippen molar-refractivity contribution in [3.05, 3.63) is 30.2 Å². The summed E-state index contributed by atoms with van der Waals surface area (Å²) >= 11 is 0. The van der Waals surface area contributed by atoms with Gasteiger partial charge in [0.15, 0.2) is 0 Å². The van der Waals surface area contributed by atoms with E-state index in [2.05, 4.69) is 15.0 Å².